The third-order valence-electron chi connectivity index (χ3n) is 3.92. The van der Waals surface area contributed by atoms with E-state index in [0.717, 1.165) is 38.4 Å². The number of thiophene rings is 1. The maximum atomic E-state index is 12.2. The van der Waals surface area contributed by atoms with E-state index in [9.17, 15) is 4.79 Å². The molecule has 3 nitrogen and oxygen atoms in total. The second-order valence-electron chi connectivity index (χ2n) is 5.76. The number of likely N-dealkylation sites (tertiary alicyclic amines) is 1. The van der Waals surface area contributed by atoms with Crippen LogP contribution >= 0.6 is 11.3 Å². The second kappa shape index (κ2) is 6.53. The van der Waals surface area contributed by atoms with Crippen LogP contribution in [-0.4, -0.2) is 42.4 Å². The smallest absolute Gasteiger partial charge is 0.236 e. The number of nitrogens with zero attached hydrogens (tertiary/aromatic N) is 2. The lowest BCUT2D eigenvalue weighted by Crippen LogP contribution is -2.42. The fourth-order valence-corrected chi connectivity index (χ4v) is 3.44. The Labute approximate surface area is 120 Å². The Bertz CT molecular complexity index is 422. The van der Waals surface area contributed by atoms with Crippen LogP contribution in [0.5, 0.6) is 0 Å². The molecule has 1 aliphatic heterocycles. The van der Waals surface area contributed by atoms with Crippen LogP contribution in [0.3, 0.4) is 0 Å². The Morgan fingerprint density at radius 1 is 1.47 bits per heavy atom. The van der Waals surface area contributed by atoms with E-state index in [0.29, 0.717) is 6.54 Å². The summed E-state index contributed by atoms with van der Waals surface area (Å²) in [6.45, 7) is 7.68. The first kappa shape index (κ1) is 14.5. The highest BCUT2D eigenvalue weighted by Gasteiger charge is 2.21. The van der Waals surface area contributed by atoms with Crippen molar-refractivity contribution in [2.45, 2.75) is 33.2 Å². The fourth-order valence-electron chi connectivity index (χ4n) is 2.46. The summed E-state index contributed by atoms with van der Waals surface area (Å²) >= 11 is 1.77. The van der Waals surface area contributed by atoms with Gasteiger partial charge in [-0.15, -0.1) is 11.3 Å². The van der Waals surface area contributed by atoms with Gasteiger partial charge in [0.15, 0.2) is 0 Å². The van der Waals surface area contributed by atoms with Gasteiger partial charge in [-0.05, 0) is 49.7 Å². The minimum atomic E-state index is 0.281. The van der Waals surface area contributed by atoms with Crippen LogP contribution in [0.25, 0.3) is 0 Å². The number of amides is 1. The van der Waals surface area contributed by atoms with E-state index in [2.05, 4.69) is 30.2 Å². The predicted octanol–water partition coefficient (Wildman–Crippen LogP) is 2.75. The van der Waals surface area contributed by atoms with Crippen molar-refractivity contribution in [3.05, 3.63) is 21.9 Å². The molecule has 106 valence electrons. The first-order valence-electron chi connectivity index (χ1n) is 7.05. The van der Waals surface area contributed by atoms with E-state index in [1.54, 1.807) is 11.3 Å². The number of piperidine rings is 1. The first-order valence-corrected chi connectivity index (χ1v) is 7.93. The number of likely N-dealkylation sites (N-methyl/N-ethyl adjacent to an activating group) is 1. The summed E-state index contributed by atoms with van der Waals surface area (Å²) in [6.07, 6.45) is 2.30. The minimum absolute atomic E-state index is 0.281. The Hall–Kier alpha value is -0.870. The monoisotopic (exact) mass is 280 g/mol. The van der Waals surface area contributed by atoms with Gasteiger partial charge in [-0.25, -0.2) is 0 Å². The van der Waals surface area contributed by atoms with Crippen molar-refractivity contribution in [3.63, 3.8) is 0 Å². The standard InChI is InChI=1S/C15H24N2OS/c1-12-4-7-17(8-5-12)15(18)11-16(3)10-14-13(2)6-9-19-14/h6,9,12H,4-5,7-8,10-11H2,1-3H3. The fraction of sp³-hybridized carbons (Fsp3) is 0.667. The normalized spacial score (nSPS) is 17.2. The molecule has 0 aromatic carbocycles. The molecule has 0 N–H and O–H groups in total. The van der Waals surface area contributed by atoms with Gasteiger partial charge in [0.2, 0.25) is 5.91 Å². The van der Waals surface area contributed by atoms with Crippen molar-refractivity contribution in [2.24, 2.45) is 5.92 Å². The molecule has 0 bridgehead atoms. The van der Waals surface area contributed by atoms with Crippen molar-refractivity contribution in [1.29, 1.82) is 0 Å². The average Bonchev–Trinajstić information content (AvgIpc) is 2.75. The summed E-state index contributed by atoms with van der Waals surface area (Å²) in [7, 11) is 2.03. The zero-order chi connectivity index (χ0) is 13.8. The summed E-state index contributed by atoms with van der Waals surface area (Å²) in [4.78, 5) is 17.7. The van der Waals surface area contributed by atoms with Crippen molar-refractivity contribution in [3.8, 4) is 0 Å². The van der Waals surface area contributed by atoms with Crippen molar-refractivity contribution in [2.75, 3.05) is 26.7 Å². The van der Waals surface area contributed by atoms with E-state index in [1.807, 2.05) is 11.9 Å². The molecule has 1 aromatic heterocycles. The molecule has 0 spiro atoms. The molecular formula is C15H24N2OS. The number of hydrogen-bond donors (Lipinski definition) is 0. The van der Waals surface area contributed by atoms with E-state index in [4.69, 9.17) is 0 Å². The van der Waals surface area contributed by atoms with Gasteiger partial charge in [0, 0.05) is 24.5 Å². The molecule has 0 saturated carbocycles. The largest absolute Gasteiger partial charge is 0.342 e. The molecule has 0 unspecified atom stereocenters. The number of hydrogen-bond acceptors (Lipinski definition) is 3. The number of carbonyl (C=O) groups is 1. The van der Waals surface area contributed by atoms with Gasteiger partial charge < -0.3 is 4.90 Å². The highest BCUT2D eigenvalue weighted by atomic mass is 32.1. The highest BCUT2D eigenvalue weighted by Crippen LogP contribution is 2.18. The molecular weight excluding hydrogens is 256 g/mol. The molecule has 1 amide bonds. The SMILES string of the molecule is Cc1ccsc1CN(C)CC(=O)N1CCC(C)CC1. The molecule has 1 aliphatic rings. The van der Waals surface area contributed by atoms with E-state index >= 15 is 0 Å². The second-order valence-corrected chi connectivity index (χ2v) is 6.76. The zero-order valence-electron chi connectivity index (χ0n) is 12.2. The highest BCUT2D eigenvalue weighted by molar-refractivity contribution is 7.10. The van der Waals surface area contributed by atoms with Crippen LogP contribution in [0.15, 0.2) is 11.4 Å². The van der Waals surface area contributed by atoms with Crippen LogP contribution in [0, 0.1) is 12.8 Å². The van der Waals surface area contributed by atoms with Gasteiger partial charge in [-0.2, -0.15) is 0 Å². The van der Waals surface area contributed by atoms with Gasteiger partial charge in [0.05, 0.1) is 6.54 Å². The molecule has 2 heterocycles. The van der Waals surface area contributed by atoms with Crippen LogP contribution in [-0.2, 0) is 11.3 Å². The molecule has 2 rings (SSSR count). The first-order chi connectivity index (χ1) is 9.06. The summed E-state index contributed by atoms with van der Waals surface area (Å²) in [5, 5.41) is 2.12. The Kier molecular flexibility index (Phi) is 4.99. The van der Waals surface area contributed by atoms with Gasteiger partial charge in [0.25, 0.3) is 0 Å². The Morgan fingerprint density at radius 2 is 2.16 bits per heavy atom. The third-order valence-corrected chi connectivity index (χ3v) is 4.93. The predicted molar refractivity (Wildman–Crippen MR) is 80.4 cm³/mol. The van der Waals surface area contributed by atoms with Gasteiger partial charge in [-0.3, -0.25) is 9.69 Å². The molecule has 1 saturated heterocycles. The van der Waals surface area contributed by atoms with E-state index in [1.165, 1.54) is 10.4 Å². The molecule has 4 heteroatoms. The summed E-state index contributed by atoms with van der Waals surface area (Å²) in [6, 6.07) is 2.14. The molecule has 0 atom stereocenters. The van der Waals surface area contributed by atoms with Crippen LogP contribution in [0.4, 0.5) is 0 Å². The molecule has 0 radical (unpaired) electrons. The van der Waals surface area contributed by atoms with Gasteiger partial charge >= 0.3 is 0 Å². The Balaban J connectivity index is 1.80. The Morgan fingerprint density at radius 3 is 2.74 bits per heavy atom. The van der Waals surface area contributed by atoms with E-state index < -0.39 is 0 Å². The third kappa shape index (κ3) is 4.05. The number of carbonyl (C=O) groups excluding carboxylic acids is 1. The molecule has 19 heavy (non-hydrogen) atoms. The van der Waals surface area contributed by atoms with Crippen molar-refractivity contribution < 1.29 is 4.79 Å². The topological polar surface area (TPSA) is 23.6 Å². The minimum Gasteiger partial charge on any atom is -0.342 e. The summed E-state index contributed by atoms with van der Waals surface area (Å²) in [5.74, 6) is 1.05. The molecule has 1 fully saturated rings. The zero-order valence-corrected chi connectivity index (χ0v) is 13.0. The van der Waals surface area contributed by atoms with Crippen LogP contribution in [0.1, 0.15) is 30.2 Å². The summed E-state index contributed by atoms with van der Waals surface area (Å²) in [5.41, 5.74) is 1.33. The van der Waals surface area contributed by atoms with Crippen molar-refractivity contribution in [1.82, 2.24) is 9.80 Å². The molecule has 0 aliphatic carbocycles. The quantitative estimate of drug-likeness (QED) is 0.846. The lowest BCUT2D eigenvalue weighted by atomic mass is 9.99. The maximum Gasteiger partial charge on any atom is 0.236 e. The summed E-state index contributed by atoms with van der Waals surface area (Å²) < 4.78 is 0. The number of aryl methyl sites for hydroxylation is 1. The average molecular weight is 280 g/mol. The maximum absolute atomic E-state index is 12.2. The van der Waals surface area contributed by atoms with E-state index in [-0.39, 0.29) is 5.91 Å². The van der Waals surface area contributed by atoms with Crippen LogP contribution < -0.4 is 0 Å². The van der Waals surface area contributed by atoms with Gasteiger partial charge in [0.1, 0.15) is 0 Å². The van der Waals surface area contributed by atoms with Gasteiger partial charge in [-0.1, -0.05) is 6.92 Å². The molecule has 1 aromatic rings. The lowest BCUT2D eigenvalue weighted by molar-refractivity contribution is -0.133. The number of rotatable bonds is 4. The lowest BCUT2D eigenvalue weighted by Gasteiger charge is -2.31. The van der Waals surface area contributed by atoms with Crippen molar-refractivity contribution >= 4 is 17.2 Å². The van der Waals surface area contributed by atoms with Crippen LogP contribution in [0.2, 0.25) is 0 Å².